The predicted octanol–water partition coefficient (Wildman–Crippen LogP) is 1.55. The Bertz CT molecular complexity index is 864. The van der Waals surface area contributed by atoms with Crippen molar-refractivity contribution in [2.45, 2.75) is 31.5 Å². The van der Waals surface area contributed by atoms with Crippen LogP contribution in [0.1, 0.15) is 19.3 Å². The molecule has 4 rings (SSSR count). The normalized spacial score (nSPS) is 27.5. The van der Waals surface area contributed by atoms with Crippen LogP contribution in [0, 0.1) is 5.92 Å². The van der Waals surface area contributed by atoms with E-state index >= 15 is 0 Å². The summed E-state index contributed by atoms with van der Waals surface area (Å²) in [6, 6.07) is 2.21. The SMILES string of the molecule is CN(c1ncnc2[nH]ccc12)C1CC(CS(=O)(=O)N2CC[C@H](F)C2)C1. The minimum Gasteiger partial charge on any atom is -0.356 e. The lowest BCUT2D eigenvalue weighted by Crippen LogP contribution is -2.46. The number of nitrogens with zero attached hydrogens (tertiary/aromatic N) is 4. The highest BCUT2D eigenvalue weighted by Crippen LogP contribution is 2.36. The topological polar surface area (TPSA) is 82.2 Å². The molecule has 9 heteroatoms. The third-order valence-corrected chi connectivity index (χ3v) is 7.37. The first-order valence-corrected chi connectivity index (χ1v) is 10.2. The van der Waals surface area contributed by atoms with Crippen LogP contribution in [0.15, 0.2) is 18.6 Å². The van der Waals surface area contributed by atoms with E-state index in [9.17, 15) is 12.8 Å². The molecule has 1 saturated heterocycles. The Morgan fingerprint density at radius 2 is 2.20 bits per heavy atom. The van der Waals surface area contributed by atoms with Gasteiger partial charge < -0.3 is 9.88 Å². The largest absolute Gasteiger partial charge is 0.356 e. The molecule has 0 bridgehead atoms. The van der Waals surface area contributed by atoms with Crippen LogP contribution in [0.4, 0.5) is 10.2 Å². The summed E-state index contributed by atoms with van der Waals surface area (Å²) < 4.78 is 39.4. The molecule has 0 unspecified atom stereocenters. The number of aromatic nitrogens is 3. The van der Waals surface area contributed by atoms with Gasteiger partial charge in [-0.25, -0.2) is 22.8 Å². The van der Waals surface area contributed by atoms with E-state index in [1.807, 2.05) is 19.3 Å². The maximum atomic E-state index is 13.3. The van der Waals surface area contributed by atoms with Crippen LogP contribution in [0.2, 0.25) is 0 Å². The van der Waals surface area contributed by atoms with Gasteiger partial charge in [-0.1, -0.05) is 0 Å². The number of hydrogen-bond acceptors (Lipinski definition) is 5. The van der Waals surface area contributed by atoms with Gasteiger partial charge in [-0.05, 0) is 31.2 Å². The van der Waals surface area contributed by atoms with Gasteiger partial charge >= 0.3 is 0 Å². The first-order chi connectivity index (χ1) is 11.9. The molecule has 0 spiro atoms. The smallest absolute Gasteiger partial charge is 0.214 e. The molecule has 0 amide bonds. The maximum absolute atomic E-state index is 13.3. The van der Waals surface area contributed by atoms with Crippen LogP contribution in [0.3, 0.4) is 0 Å². The van der Waals surface area contributed by atoms with Crippen molar-refractivity contribution < 1.29 is 12.8 Å². The van der Waals surface area contributed by atoms with Crippen molar-refractivity contribution in [1.29, 1.82) is 0 Å². The molecule has 2 aromatic heterocycles. The lowest BCUT2D eigenvalue weighted by Gasteiger charge is -2.42. The average Bonchev–Trinajstić information content (AvgIpc) is 3.18. The van der Waals surface area contributed by atoms with Crippen LogP contribution >= 0.6 is 0 Å². The van der Waals surface area contributed by atoms with E-state index in [0.29, 0.717) is 13.0 Å². The van der Waals surface area contributed by atoms with E-state index in [0.717, 1.165) is 29.7 Å². The van der Waals surface area contributed by atoms with Crippen molar-refractivity contribution in [2.24, 2.45) is 5.92 Å². The molecule has 1 atom stereocenters. The highest BCUT2D eigenvalue weighted by molar-refractivity contribution is 7.89. The molecule has 136 valence electrons. The molecule has 3 heterocycles. The second-order valence-corrected chi connectivity index (χ2v) is 9.08. The number of sulfonamides is 1. The van der Waals surface area contributed by atoms with Crippen molar-refractivity contribution in [3.05, 3.63) is 18.6 Å². The first kappa shape index (κ1) is 16.7. The summed E-state index contributed by atoms with van der Waals surface area (Å²) in [6.07, 6.45) is 4.27. The Balaban J connectivity index is 1.38. The van der Waals surface area contributed by atoms with Crippen LogP contribution < -0.4 is 4.90 Å². The summed E-state index contributed by atoms with van der Waals surface area (Å²) in [4.78, 5) is 13.7. The molecule has 25 heavy (non-hydrogen) atoms. The molecule has 1 aliphatic heterocycles. The first-order valence-electron chi connectivity index (χ1n) is 8.57. The second-order valence-electron chi connectivity index (χ2n) is 7.06. The summed E-state index contributed by atoms with van der Waals surface area (Å²) in [5, 5.41) is 0.965. The van der Waals surface area contributed by atoms with Crippen molar-refractivity contribution in [3.8, 4) is 0 Å². The van der Waals surface area contributed by atoms with Gasteiger partial charge in [0.05, 0.1) is 11.1 Å². The number of rotatable bonds is 5. The fourth-order valence-electron chi connectivity index (χ4n) is 3.81. The summed E-state index contributed by atoms with van der Waals surface area (Å²) in [5.74, 6) is 1.10. The van der Waals surface area contributed by atoms with Gasteiger partial charge in [0, 0.05) is 32.4 Å². The fraction of sp³-hybridized carbons (Fsp3) is 0.625. The monoisotopic (exact) mass is 367 g/mol. The maximum Gasteiger partial charge on any atom is 0.214 e. The molecule has 7 nitrogen and oxygen atoms in total. The Labute approximate surface area is 146 Å². The van der Waals surface area contributed by atoms with Crippen LogP contribution in [0.5, 0.6) is 0 Å². The van der Waals surface area contributed by atoms with E-state index in [1.54, 1.807) is 0 Å². The number of fused-ring (bicyclic) bond motifs is 1. The quantitative estimate of drug-likeness (QED) is 0.867. The zero-order chi connectivity index (χ0) is 17.6. The van der Waals surface area contributed by atoms with Crippen molar-refractivity contribution >= 4 is 26.9 Å². The standard InChI is InChI=1S/C16H22FN5O2S/c1-21(16-14-2-4-18-15(14)19-10-20-16)13-6-11(7-13)9-25(23,24)22-5-3-12(17)8-22/h2,4,10-13H,3,5-9H2,1H3,(H,18,19,20)/t11?,12-,13?/m0/s1. The highest BCUT2D eigenvalue weighted by atomic mass is 32.2. The van der Waals surface area contributed by atoms with E-state index in [1.165, 1.54) is 10.6 Å². The van der Waals surface area contributed by atoms with Gasteiger partial charge in [-0.15, -0.1) is 0 Å². The Morgan fingerprint density at radius 1 is 1.40 bits per heavy atom. The van der Waals surface area contributed by atoms with Gasteiger partial charge in [-0.2, -0.15) is 4.31 Å². The van der Waals surface area contributed by atoms with Crippen molar-refractivity contribution in [1.82, 2.24) is 19.3 Å². The van der Waals surface area contributed by atoms with E-state index in [4.69, 9.17) is 0 Å². The molecule has 2 aliphatic rings. The number of nitrogens with one attached hydrogen (secondary N) is 1. The molecule has 1 N–H and O–H groups in total. The van der Waals surface area contributed by atoms with E-state index in [-0.39, 0.29) is 24.3 Å². The van der Waals surface area contributed by atoms with Crippen LogP contribution in [-0.2, 0) is 10.0 Å². The number of alkyl halides is 1. The third kappa shape index (κ3) is 3.10. The summed E-state index contributed by atoms with van der Waals surface area (Å²) in [7, 11) is -1.36. The fourth-order valence-corrected chi connectivity index (χ4v) is 5.66. The molecule has 1 aliphatic carbocycles. The number of anilines is 1. The molecular formula is C16H22FN5O2S. The summed E-state index contributed by atoms with van der Waals surface area (Å²) in [6.45, 7) is 0.330. The van der Waals surface area contributed by atoms with Crippen molar-refractivity contribution in [3.63, 3.8) is 0 Å². The third-order valence-electron chi connectivity index (χ3n) is 5.36. The highest BCUT2D eigenvalue weighted by Gasteiger charge is 2.39. The van der Waals surface area contributed by atoms with Gasteiger partial charge in [0.25, 0.3) is 0 Å². The number of hydrogen-bond donors (Lipinski definition) is 1. The minimum absolute atomic E-state index is 0.0186. The predicted molar refractivity (Wildman–Crippen MR) is 93.7 cm³/mol. The van der Waals surface area contributed by atoms with Gasteiger partial charge in [-0.3, -0.25) is 0 Å². The zero-order valence-corrected chi connectivity index (χ0v) is 14.9. The molecular weight excluding hydrogens is 345 g/mol. The molecule has 0 radical (unpaired) electrons. The number of halogens is 1. The lowest BCUT2D eigenvalue weighted by molar-refractivity contribution is 0.277. The molecule has 2 fully saturated rings. The molecule has 0 aromatic carbocycles. The zero-order valence-electron chi connectivity index (χ0n) is 14.1. The second kappa shape index (κ2) is 6.21. The minimum atomic E-state index is -3.35. The Hall–Kier alpha value is -1.74. The molecule has 1 saturated carbocycles. The van der Waals surface area contributed by atoms with Crippen LogP contribution in [0.25, 0.3) is 11.0 Å². The lowest BCUT2D eigenvalue weighted by atomic mass is 9.81. The Morgan fingerprint density at radius 3 is 2.92 bits per heavy atom. The Kier molecular flexibility index (Phi) is 4.15. The summed E-state index contributed by atoms with van der Waals surface area (Å²) >= 11 is 0. The van der Waals surface area contributed by atoms with Gasteiger partial charge in [0.1, 0.15) is 24.0 Å². The van der Waals surface area contributed by atoms with E-state index < -0.39 is 16.2 Å². The number of aromatic amines is 1. The van der Waals surface area contributed by atoms with Crippen LogP contribution in [-0.4, -0.2) is 65.8 Å². The average molecular weight is 367 g/mol. The van der Waals surface area contributed by atoms with Gasteiger partial charge in [0.2, 0.25) is 10.0 Å². The van der Waals surface area contributed by atoms with Crippen molar-refractivity contribution in [2.75, 3.05) is 30.8 Å². The summed E-state index contributed by atoms with van der Waals surface area (Å²) in [5.41, 5.74) is 0.796. The molecule has 2 aromatic rings. The van der Waals surface area contributed by atoms with E-state index in [2.05, 4.69) is 19.9 Å². The van der Waals surface area contributed by atoms with Gasteiger partial charge in [0.15, 0.2) is 0 Å². The number of H-pyrrole nitrogens is 1.